The van der Waals surface area contributed by atoms with E-state index < -0.39 is 11.7 Å². The van der Waals surface area contributed by atoms with Crippen LogP contribution in [0.3, 0.4) is 0 Å². The Morgan fingerprint density at radius 2 is 1.76 bits per heavy atom. The third-order valence-corrected chi connectivity index (χ3v) is 6.06. The van der Waals surface area contributed by atoms with Gasteiger partial charge in [-0.3, -0.25) is 14.6 Å². The van der Waals surface area contributed by atoms with E-state index in [1.165, 1.54) is 30.9 Å². The first-order valence-corrected chi connectivity index (χ1v) is 10.6. The molecule has 29 heavy (non-hydrogen) atoms. The molecule has 0 atom stereocenters. The Morgan fingerprint density at radius 1 is 1.03 bits per heavy atom. The molecule has 0 spiro atoms. The fraction of sp³-hybridized carbons (Fsp3) is 0.190. The van der Waals surface area contributed by atoms with Crippen molar-refractivity contribution in [2.45, 2.75) is 23.7 Å². The zero-order chi connectivity index (χ0) is 21.0. The van der Waals surface area contributed by atoms with Crippen LogP contribution in [0.4, 0.5) is 13.2 Å². The van der Waals surface area contributed by atoms with E-state index in [2.05, 4.69) is 4.98 Å². The molecule has 8 heteroatoms. The van der Waals surface area contributed by atoms with Crippen molar-refractivity contribution in [3.05, 3.63) is 71.4 Å². The maximum Gasteiger partial charge on any atom is 0.416 e. The molecule has 3 aromatic rings. The molecular formula is C21H16F3NO2S2. The van der Waals surface area contributed by atoms with E-state index in [9.17, 15) is 22.8 Å². The molecule has 0 amide bonds. The Kier molecular flexibility index (Phi) is 6.64. The van der Waals surface area contributed by atoms with Crippen molar-refractivity contribution in [1.29, 1.82) is 0 Å². The molecule has 0 aliphatic heterocycles. The lowest BCUT2D eigenvalue weighted by molar-refractivity contribution is -0.137. The summed E-state index contributed by atoms with van der Waals surface area (Å²) in [5, 5.41) is 0.567. The summed E-state index contributed by atoms with van der Waals surface area (Å²) in [6.45, 7) is 1.42. The molecule has 0 saturated heterocycles. The molecule has 0 radical (unpaired) electrons. The number of carbonyl (C=O) groups is 2. The molecule has 2 aromatic carbocycles. The van der Waals surface area contributed by atoms with E-state index in [1.807, 2.05) is 12.1 Å². The Hall–Kier alpha value is -2.32. The largest absolute Gasteiger partial charge is 0.416 e. The average molecular weight is 435 g/mol. The van der Waals surface area contributed by atoms with Crippen LogP contribution < -0.4 is 0 Å². The Morgan fingerprint density at radius 3 is 2.41 bits per heavy atom. The molecule has 150 valence electrons. The van der Waals surface area contributed by atoms with Gasteiger partial charge in [0.15, 0.2) is 10.9 Å². The Labute approximate surface area is 174 Å². The molecule has 3 nitrogen and oxygen atoms in total. The van der Waals surface area contributed by atoms with Crippen LogP contribution in [0.25, 0.3) is 10.9 Å². The SMILES string of the molecule is CC(=O)SCC(=O)c1ccc(CSc2ccnc3cc(C(F)(F)F)ccc23)cc1. The number of aromatic nitrogens is 1. The van der Waals surface area contributed by atoms with E-state index in [0.29, 0.717) is 22.2 Å². The van der Waals surface area contributed by atoms with Crippen LogP contribution in [0, 0.1) is 0 Å². The first kappa shape index (κ1) is 21.4. The molecule has 0 aliphatic carbocycles. The lowest BCUT2D eigenvalue weighted by Crippen LogP contribution is -2.04. The second kappa shape index (κ2) is 9.00. The minimum Gasteiger partial charge on any atom is -0.293 e. The molecule has 0 bridgehead atoms. The van der Waals surface area contributed by atoms with Crippen molar-refractivity contribution >= 4 is 45.3 Å². The van der Waals surface area contributed by atoms with Gasteiger partial charge in [-0.25, -0.2) is 0 Å². The number of carbonyl (C=O) groups excluding carboxylic acids is 2. The summed E-state index contributed by atoms with van der Waals surface area (Å²) < 4.78 is 38.7. The van der Waals surface area contributed by atoms with Gasteiger partial charge >= 0.3 is 6.18 Å². The molecule has 1 heterocycles. The van der Waals surface area contributed by atoms with Crippen molar-refractivity contribution in [2.75, 3.05) is 5.75 Å². The first-order chi connectivity index (χ1) is 13.7. The van der Waals surface area contributed by atoms with Gasteiger partial charge in [-0.1, -0.05) is 42.1 Å². The highest BCUT2D eigenvalue weighted by Crippen LogP contribution is 2.34. The summed E-state index contributed by atoms with van der Waals surface area (Å²) in [5.74, 6) is 0.605. The van der Waals surface area contributed by atoms with Gasteiger partial charge in [-0.2, -0.15) is 13.2 Å². The van der Waals surface area contributed by atoms with Crippen molar-refractivity contribution < 1.29 is 22.8 Å². The number of thioether (sulfide) groups is 2. The van der Waals surface area contributed by atoms with Crippen LogP contribution in [0.2, 0.25) is 0 Å². The highest BCUT2D eigenvalue weighted by atomic mass is 32.2. The zero-order valence-corrected chi connectivity index (χ0v) is 17.0. The van der Waals surface area contributed by atoms with Crippen LogP contribution in [0.5, 0.6) is 0 Å². The Balaban J connectivity index is 1.70. The maximum absolute atomic E-state index is 12.9. The second-order valence-corrected chi connectivity index (χ2v) is 8.40. The number of benzene rings is 2. The van der Waals surface area contributed by atoms with Crippen molar-refractivity contribution in [1.82, 2.24) is 4.98 Å². The van der Waals surface area contributed by atoms with Gasteiger partial charge in [0, 0.05) is 34.7 Å². The lowest BCUT2D eigenvalue weighted by Gasteiger charge is -2.10. The fourth-order valence-electron chi connectivity index (χ4n) is 2.62. The van der Waals surface area contributed by atoms with Gasteiger partial charge in [0.2, 0.25) is 0 Å². The number of halogens is 3. The van der Waals surface area contributed by atoms with Crippen LogP contribution in [-0.4, -0.2) is 21.6 Å². The number of rotatable bonds is 6. The molecule has 1 aromatic heterocycles. The highest BCUT2D eigenvalue weighted by Gasteiger charge is 2.30. The number of fused-ring (bicyclic) bond motifs is 1. The number of hydrogen-bond donors (Lipinski definition) is 0. The average Bonchev–Trinajstić information content (AvgIpc) is 2.69. The van der Waals surface area contributed by atoms with Crippen LogP contribution in [0.15, 0.2) is 59.6 Å². The second-order valence-electron chi connectivity index (χ2n) is 6.23. The van der Waals surface area contributed by atoms with E-state index in [-0.39, 0.29) is 16.7 Å². The molecule has 0 N–H and O–H groups in total. The van der Waals surface area contributed by atoms with Crippen molar-refractivity contribution in [2.24, 2.45) is 0 Å². The zero-order valence-electron chi connectivity index (χ0n) is 15.3. The minimum atomic E-state index is -4.40. The molecule has 0 unspecified atom stereocenters. The van der Waals surface area contributed by atoms with Crippen LogP contribution >= 0.6 is 23.5 Å². The quantitative estimate of drug-likeness (QED) is 0.351. The van der Waals surface area contributed by atoms with Crippen molar-refractivity contribution in [3.63, 3.8) is 0 Å². The van der Waals surface area contributed by atoms with Gasteiger partial charge in [0.05, 0.1) is 16.8 Å². The number of Topliss-reactive ketones (excluding diaryl/α,β-unsaturated/α-hetero) is 1. The third-order valence-electron chi connectivity index (χ3n) is 4.11. The fourth-order valence-corrected chi connectivity index (χ4v) is 4.12. The summed E-state index contributed by atoms with van der Waals surface area (Å²) in [6.07, 6.45) is -2.90. The number of hydrogen-bond acceptors (Lipinski definition) is 5. The summed E-state index contributed by atoms with van der Waals surface area (Å²) in [6, 6.07) is 12.5. The number of pyridine rings is 1. The van der Waals surface area contributed by atoms with E-state index in [4.69, 9.17) is 0 Å². The van der Waals surface area contributed by atoms with E-state index in [0.717, 1.165) is 34.4 Å². The standard InChI is InChI=1S/C21H16F3NO2S2/c1-13(26)28-12-19(27)15-4-2-14(3-5-15)11-29-20-8-9-25-18-10-16(21(22,23)24)6-7-17(18)20/h2-10H,11-12H2,1H3. The smallest absolute Gasteiger partial charge is 0.293 e. The molecular weight excluding hydrogens is 419 g/mol. The minimum absolute atomic E-state index is 0.0988. The predicted molar refractivity (Wildman–Crippen MR) is 110 cm³/mol. The van der Waals surface area contributed by atoms with E-state index in [1.54, 1.807) is 18.2 Å². The van der Waals surface area contributed by atoms with Crippen LogP contribution in [-0.2, 0) is 16.7 Å². The van der Waals surface area contributed by atoms with Gasteiger partial charge in [0.25, 0.3) is 0 Å². The van der Waals surface area contributed by atoms with Crippen molar-refractivity contribution in [3.8, 4) is 0 Å². The van der Waals surface area contributed by atoms with E-state index >= 15 is 0 Å². The number of ketones is 1. The van der Waals surface area contributed by atoms with Crippen LogP contribution in [0.1, 0.15) is 28.4 Å². The maximum atomic E-state index is 12.9. The molecule has 0 aliphatic rings. The number of alkyl halides is 3. The summed E-state index contributed by atoms with van der Waals surface area (Å²) in [4.78, 5) is 27.9. The summed E-state index contributed by atoms with van der Waals surface area (Å²) in [7, 11) is 0. The van der Waals surface area contributed by atoms with Gasteiger partial charge in [-0.15, -0.1) is 11.8 Å². The molecule has 3 rings (SSSR count). The lowest BCUT2D eigenvalue weighted by atomic mass is 10.1. The van der Waals surface area contributed by atoms with Gasteiger partial charge in [0.1, 0.15) is 0 Å². The van der Waals surface area contributed by atoms with Gasteiger partial charge in [-0.05, 0) is 23.8 Å². The first-order valence-electron chi connectivity index (χ1n) is 8.58. The normalized spacial score (nSPS) is 11.6. The molecule has 0 fully saturated rings. The third kappa shape index (κ3) is 5.61. The Bertz CT molecular complexity index is 1050. The summed E-state index contributed by atoms with van der Waals surface area (Å²) in [5.41, 5.74) is 1.10. The molecule has 0 saturated carbocycles. The summed E-state index contributed by atoms with van der Waals surface area (Å²) >= 11 is 2.47. The van der Waals surface area contributed by atoms with Gasteiger partial charge < -0.3 is 0 Å². The number of nitrogens with zero attached hydrogens (tertiary/aromatic N) is 1. The topological polar surface area (TPSA) is 47.0 Å². The monoisotopic (exact) mass is 435 g/mol. The highest BCUT2D eigenvalue weighted by molar-refractivity contribution is 8.14. The predicted octanol–water partition coefficient (Wildman–Crippen LogP) is 6.01.